The number of pyridine rings is 1. The fraction of sp³-hybridized carbons (Fsp3) is 0.625. The summed E-state index contributed by atoms with van der Waals surface area (Å²) in [5.41, 5.74) is 0.916. The molecule has 1 N–H and O–H groups in total. The van der Waals surface area contributed by atoms with Crippen LogP contribution >= 0.6 is 24.0 Å². The number of methoxy groups -OCH3 is 1. The SMILES string of the molecule is CN=C(NCc1cccc(OC)n1)N(C)CCOCC1CC1.I. The molecule has 0 spiro atoms. The van der Waals surface area contributed by atoms with Crippen LogP contribution in [0.5, 0.6) is 5.88 Å². The van der Waals surface area contributed by atoms with Crippen molar-refractivity contribution in [3.63, 3.8) is 0 Å². The minimum atomic E-state index is 0. The van der Waals surface area contributed by atoms with Crippen LogP contribution in [0.15, 0.2) is 23.2 Å². The summed E-state index contributed by atoms with van der Waals surface area (Å²) in [5.74, 6) is 2.26. The van der Waals surface area contributed by atoms with E-state index in [1.165, 1.54) is 12.8 Å². The third kappa shape index (κ3) is 7.34. The van der Waals surface area contributed by atoms with Gasteiger partial charge in [-0.1, -0.05) is 6.07 Å². The van der Waals surface area contributed by atoms with Crippen molar-refractivity contribution in [2.24, 2.45) is 10.9 Å². The molecule has 0 unspecified atom stereocenters. The second-order valence-electron chi connectivity index (χ2n) is 5.51. The molecule has 0 amide bonds. The molecule has 130 valence electrons. The first-order valence-electron chi connectivity index (χ1n) is 7.72. The Balaban J connectivity index is 0.00000264. The molecule has 0 aromatic carbocycles. The number of ether oxygens (including phenoxy) is 2. The zero-order valence-electron chi connectivity index (χ0n) is 14.1. The van der Waals surface area contributed by atoms with E-state index in [0.29, 0.717) is 12.4 Å². The van der Waals surface area contributed by atoms with E-state index in [1.54, 1.807) is 14.2 Å². The van der Waals surface area contributed by atoms with Crippen LogP contribution in [0.4, 0.5) is 0 Å². The van der Waals surface area contributed by atoms with Crippen LogP contribution in [-0.2, 0) is 11.3 Å². The Morgan fingerprint density at radius 1 is 1.43 bits per heavy atom. The maximum atomic E-state index is 5.66. The molecule has 23 heavy (non-hydrogen) atoms. The minimum absolute atomic E-state index is 0. The highest BCUT2D eigenvalue weighted by Crippen LogP contribution is 2.28. The van der Waals surface area contributed by atoms with Gasteiger partial charge in [0, 0.05) is 33.3 Å². The summed E-state index contributed by atoms with van der Waals surface area (Å²) in [6, 6.07) is 5.73. The first kappa shape index (κ1) is 20.0. The zero-order valence-corrected chi connectivity index (χ0v) is 16.4. The molecule has 7 heteroatoms. The summed E-state index contributed by atoms with van der Waals surface area (Å²) >= 11 is 0. The standard InChI is InChI=1S/C16H26N4O2.HI/c1-17-16(20(2)9-10-22-12-13-7-8-13)18-11-14-5-4-6-15(19-14)21-3;/h4-6,13H,7-12H2,1-3H3,(H,17,18);1H. The van der Waals surface area contributed by atoms with Gasteiger partial charge in [-0.2, -0.15) is 0 Å². The van der Waals surface area contributed by atoms with Crippen LogP contribution in [0.2, 0.25) is 0 Å². The lowest BCUT2D eigenvalue weighted by Crippen LogP contribution is -2.40. The van der Waals surface area contributed by atoms with Crippen molar-refractivity contribution < 1.29 is 9.47 Å². The summed E-state index contributed by atoms with van der Waals surface area (Å²) in [4.78, 5) is 10.7. The number of rotatable bonds is 8. The molecular formula is C16H27IN4O2. The molecule has 1 aromatic heterocycles. The minimum Gasteiger partial charge on any atom is -0.481 e. The molecule has 1 saturated carbocycles. The van der Waals surface area contributed by atoms with Crippen molar-refractivity contribution >= 4 is 29.9 Å². The molecule has 1 aliphatic carbocycles. The van der Waals surface area contributed by atoms with E-state index in [0.717, 1.165) is 37.3 Å². The number of aliphatic imine (C=N–C) groups is 1. The molecule has 0 radical (unpaired) electrons. The van der Waals surface area contributed by atoms with Gasteiger partial charge >= 0.3 is 0 Å². The number of aromatic nitrogens is 1. The normalized spacial score (nSPS) is 14.1. The largest absolute Gasteiger partial charge is 0.481 e. The molecule has 1 heterocycles. The van der Waals surface area contributed by atoms with E-state index in [9.17, 15) is 0 Å². The van der Waals surface area contributed by atoms with Gasteiger partial charge < -0.3 is 19.7 Å². The second-order valence-corrected chi connectivity index (χ2v) is 5.51. The van der Waals surface area contributed by atoms with Crippen molar-refractivity contribution in [1.29, 1.82) is 0 Å². The van der Waals surface area contributed by atoms with Gasteiger partial charge in [-0.25, -0.2) is 4.98 Å². The number of hydrogen-bond acceptors (Lipinski definition) is 4. The van der Waals surface area contributed by atoms with Crippen molar-refractivity contribution in [3.8, 4) is 5.88 Å². The Kier molecular flexibility index (Phi) is 9.23. The summed E-state index contributed by atoms with van der Waals surface area (Å²) < 4.78 is 10.8. The third-order valence-corrected chi connectivity index (χ3v) is 3.61. The zero-order chi connectivity index (χ0) is 15.8. The highest BCUT2D eigenvalue weighted by Gasteiger charge is 2.21. The van der Waals surface area contributed by atoms with Crippen molar-refractivity contribution in [3.05, 3.63) is 23.9 Å². The Morgan fingerprint density at radius 3 is 2.87 bits per heavy atom. The second kappa shape index (κ2) is 10.6. The predicted molar refractivity (Wildman–Crippen MR) is 103 cm³/mol. The van der Waals surface area contributed by atoms with Gasteiger partial charge in [0.25, 0.3) is 0 Å². The van der Waals surface area contributed by atoms with E-state index < -0.39 is 0 Å². The number of likely N-dealkylation sites (N-methyl/N-ethyl adjacent to an activating group) is 1. The molecule has 0 bridgehead atoms. The lowest BCUT2D eigenvalue weighted by atomic mass is 10.3. The molecule has 2 rings (SSSR count). The summed E-state index contributed by atoms with van der Waals surface area (Å²) in [6.07, 6.45) is 2.65. The van der Waals surface area contributed by atoms with Crippen molar-refractivity contribution in [2.75, 3.05) is 41.0 Å². The van der Waals surface area contributed by atoms with Crippen molar-refractivity contribution in [2.45, 2.75) is 19.4 Å². The molecule has 1 aromatic rings. The van der Waals surface area contributed by atoms with Gasteiger partial charge in [0.05, 0.1) is 26.0 Å². The molecule has 0 atom stereocenters. The molecule has 0 saturated heterocycles. The summed E-state index contributed by atoms with van der Waals surface area (Å²) in [5, 5.41) is 3.30. The van der Waals surface area contributed by atoms with E-state index >= 15 is 0 Å². The van der Waals surface area contributed by atoms with Crippen LogP contribution < -0.4 is 10.1 Å². The van der Waals surface area contributed by atoms with E-state index in [1.807, 2.05) is 25.2 Å². The van der Waals surface area contributed by atoms with Crippen LogP contribution in [0.1, 0.15) is 18.5 Å². The predicted octanol–water partition coefficient (Wildman–Crippen LogP) is 2.14. The maximum Gasteiger partial charge on any atom is 0.213 e. The first-order chi connectivity index (χ1) is 10.7. The number of hydrogen-bond donors (Lipinski definition) is 1. The molecule has 1 aliphatic rings. The first-order valence-corrected chi connectivity index (χ1v) is 7.72. The lowest BCUT2D eigenvalue weighted by molar-refractivity contribution is 0.115. The molecule has 0 aliphatic heterocycles. The molecular weight excluding hydrogens is 407 g/mol. The smallest absolute Gasteiger partial charge is 0.213 e. The van der Waals surface area contributed by atoms with E-state index in [-0.39, 0.29) is 24.0 Å². The lowest BCUT2D eigenvalue weighted by Gasteiger charge is -2.22. The van der Waals surface area contributed by atoms with Crippen LogP contribution in [0.3, 0.4) is 0 Å². The highest BCUT2D eigenvalue weighted by atomic mass is 127. The topological polar surface area (TPSA) is 59.0 Å². The Hall–Kier alpha value is -1.09. The number of guanidine groups is 1. The third-order valence-electron chi connectivity index (χ3n) is 3.61. The van der Waals surface area contributed by atoms with Gasteiger partial charge in [-0.3, -0.25) is 4.99 Å². The molecule has 6 nitrogen and oxygen atoms in total. The number of nitrogens with one attached hydrogen (secondary N) is 1. The number of halogens is 1. The fourth-order valence-electron chi connectivity index (χ4n) is 2.07. The van der Waals surface area contributed by atoms with Gasteiger partial charge in [0.1, 0.15) is 0 Å². The monoisotopic (exact) mass is 434 g/mol. The Bertz CT molecular complexity index is 495. The van der Waals surface area contributed by atoms with Crippen LogP contribution in [0.25, 0.3) is 0 Å². The van der Waals surface area contributed by atoms with E-state index in [4.69, 9.17) is 9.47 Å². The Labute approximate surface area is 155 Å². The summed E-state index contributed by atoms with van der Waals surface area (Å²) in [7, 11) is 5.41. The average Bonchev–Trinajstić information content (AvgIpc) is 3.36. The quantitative estimate of drug-likeness (QED) is 0.294. The maximum absolute atomic E-state index is 5.66. The van der Waals surface area contributed by atoms with Crippen molar-refractivity contribution in [1.82, 2.24) is 15.2 Å². The van der Waals surface area contributed by atoms with Gasteiger partial charge in [-0.05, 0) is 24.8 Å². The average molecular weight is 434 g/mol. The number of nitrogens with zero attached hydrogens (tertiary/aromatic N) is 3. The van der Waals surface area contributed by atoms with E-state index in [2.05, 4.69) is 20.2 Å². The molecule has 1 fully saturated rings. The van der Waals surface area contributed by atoms with Crippen LogP contribution in [-0.4, -0.2) is 56.8 Å². The van der Waals surface area contributed by atoms with Gasteiger partial charge in [0.15, 0.2) is 5.96 Å². The van der Waals surface area contributed by atoms with Gasteiger partial charge in [0.2, 0.25) is 5.88 Å². The fourth-order valence-corrected chi connectivity index (χ4v) is 2.07. The van der Waals surface area contributed by atoms with Crippen LogP contribution in [0, 0.1) is 5.92 Å². The Morgan fingerprint density at radius 2 is 2.22 bits per heavy atom. The highest BCUT2D eigenvalue weighted by molar-refractivity contribution is 14.0. The summed E-state index contributed by atoms with van der Waals surface area (Å²) in [6.45, 7) is 3.05. The van der Waals surface area contributed by atoms with Gasteiger partial charge in [-0.15, -0.1) is 24.0 Å².